The minimum Gasteiger partial charge on any atom is -0.119 e. The van der Waals surface area contributed by atoms with E-state index >= 15 is 0 Å². The van der Waals surface area contributed by atoms with Gasteiger partial charge in [0.25, 0.3) is 0 Å². The molecule has 1 atom stereocenters. The molecule has 0 rings (SSSR count). The molecule has 0 aromatic carbocycles. The van der Waals surface area contributed by atoms with Crippen molar-refractivity contribution < 1.29 is 13.6 Å². The van der Waals surface area contributed by atoms with Crippen molar-refractivity contribution in [3.8, 4) is 0 Å². The molecule has 3 nitrogen and oxygen atoms in total. The molecule has 19 heavy (non-hydrogen) atoms. The van der Waals surface area contributed by atoms with Gasteiger partial charge in [-0.25, -0.2) is 0 Å². The van der Waals surface area contributed by atoms with E-state index < -0.39 is 8.25 Å². The zero-order valence-corrected chi connectivity index (χ0v) is 13.8. The van der Waals surface area contributed by atoms with Crippen molar-refractivity contribution in [3.63, 3.8) is 0 Å². The van der Waals surface area contributed by atoms with Crippen LogP contribution in [0.4, 0.5) is 0 Å². The van der Waals surface area contributed by atoms with E-state index in [4.69, 9.17) is 9.05 Å². The highest BCUT2D eigenvalue weighted by atomic mass is 31.1. The summed E-state index contributed by atoms with van der Waals surface area (Å²) in [5.74, 6) is 0. The van der Waals surface area contributed by atoms with Crippen LogP contribution >= 0.6 is 8.25 Å². The first-order valence-corrected chi connectivity index (χ1v) is 9.13. The van der Waals surface area contributed by atoms with Crippen molar-refractivity contribution >= 4 is 8.25 Å². The summed E-state index contributed by atoms with van der Waals surface area (Å²) < 4.78 is 21.2. The Morgan fingerprint density at radius 3 is 1.63 bits per heavy atom. The van der Waals surface area contributed by atoms with E-state index in [1.54, 1.807) is 0 Å². The second-order valence-electron chi connectivity index (χ2n) is 5.07. The van der Waals surface area contributed by atoms with Gasteiger partial charge in [0.2, 0.25) is 0 Å². The van der Waals surface area contributed by atoms with Crippen LogP contribution < -0.4 is 0 Å². The zero-order chi connectivity index (χ0) is 14.2. The Morgan fingerprint density at radius 1 is 0.632 bits per heavy atom. The van der Waals surface area contributed by atoms with Crippen molar-refractivity contribution in [2.24, 2.45) is 0 Å². The highest BCUT2D eigenvalue weighted by Gasteiger charge is 2.18. The molecule has 1 unspecified atom stereocenters. The Hall–Kier alpha value is 0.0200. The lowest BCUT2D eigenvalue weighted by molar-refractivity contribution is 0.222. The molecule has 0 aromatic heterocycles. The molecule has 0 saturated carbocycles. The predicted molar refractivity (Wildman–Crippen MR) is 81.6 cm³/mol. The smallest absolute Gasteiger partial charge is 0.119 e. The Bertz CT molecular complexity index is 198. The lowest BCUT2D eigenvalue weighted by atomic mass is 10.1. The molecule has 0 N–H and O–H groups in total. The summed E-state index contributed by atoms with van der Waals surface area (Å²) >= 11 is 0. The SMILES string of the molecule is CCCCCCCCCCCCO[P+](=O)OCCC. The van der Waals surface area contributed by atoms with Crippen LogP contribution in [0, 0.1) is 0 Å². The van der Waals surface area contributed by atoms with Crippen LogP contribution in [0.2, 0.25) is 0 Å². The quantitative estimate of drug-likeness (QED) is 0.274. The second kappa shape index (κ2) is 16.1. The van der Waals surface area contributed by atoms with Gasteiger partial charge in [0.15, 0.2) is 0 Å². The summed E-state index contributed by atoms with van der Waals surface area (Å²) in [6.07, 6.45) is 13.9. The summed E-state index contributed by atoms with van der Waals surface area (Å²) in [6.45, 7) is 5.33. The third-order valence-electron chi connectivity index (χ3n) is 3.10. The van der Waals surface area contributed by atoms with Crippen LogP contribution in [-0.2, 0) is 13.6 Å². The van der Waals surface area contributed by atoms with E-state index in [9.17, 15) is 4.57 Å². The number of unbranched alkanes of at least 4 members (excludes halogenated alkanes) is 9. The first kappa shape index (κ1) is 19.0. The van der Waals surface area contributed by atoms with Crippen molar-refractivity contribution in [3.05, 3.63) is 0 Å². The van der Waals surface area contributed by atoms with E-state index in [1.807, 2.05) is 6.92 Å². The summed E-state index contributed by atoms with van der Waals surface area (Å²) in [4.78, 5) is 0. The Kier molecular flexibility index (Phi) is 16.1. The standard InChI is InChI=1S/C15H32O3P/c1-3-5-6-7-8-9-10-11-12-13-15-18-19(16)17-14-4-2/h3-15H2,1-2H3/q+1. The van der Waals surface area contributed by atoms with Crippen molar-refractivity contribution in [1.29, 1.82) is 0 Å². The number of hydrogen-bond acceptors (Lipinski definition) is 3. The van der Waals surface area contributed by atoms with E-state index in [-0.39, 0.29) is 0 Å². The first-order chi connectivity index (χ1) is 9.31. The highest BCUT2D eigenvalue weighted by Crippen LogP contribution is 2.24. The molecule has 0 amide bonds. The largest absolute Gasteiger partial charge is 0.697 e. The van der Waals surface area contributed by atoms with Gasteiger partial charge in [-0.3, -0.25) is 0 Å². The van der Waals surface area contributed by atoms with Crippen molar-refractivity contribution in [2.45, 2.75) is 84.5 Å². The maximum absolute atomic E-state index is 11.2. The average Bonchev–Trinajstić information content (AvgIpc) is 2.42. The fraction of sp³-hybridized carbons (Fsp3) is 1.00. The molecule has 0 heterocycles. The molecule has 0 spiro atoms. The van der Waals surface area contributed by atoms with Gasteiger partial charge in [0.05, 0.1) is 0 Å². The van der Waals surface area contributed by atoms with Gasteiger partial charge in [0.1, 0.15) is 13.2 Å². The summed E-state index contributed by atoms with van der Waals surface area (Å²) in [5, 5.41) is 0. The molecule has 0 aliphatic carbocycles. The van der Waals surface area contributed by atoms with Gasteiger partial charge >= 0.3 is 8.25 Å². The molecule has 0 aliphatic rings. The molecule has 0 saturated heterocycles. The lowest BCUT2D eigenvalue weighted by Crippen LogP contribution is -1.90. The van der Waals surface area contributed by atoms with Crippen LogP contribution in [0.3, 0.4) is 0 Å². The normalized spacial score (nSPS) is 11.8. The van der Waals surface area contributed by atoms with Gasteiger partial charge < -0.3 is 0 Å². The van der Waals surface area contributed by atoms with Gasteiger partial charge in [0, 0.05) is 4.57 Å². The Labute approximate surface area is 120 Å². The second-order valence-corrected chi connectivity index (χ2v) is 6.04. The third-order valence-corrected chi connectivity index (χ3v) is 3.88. The monoisotopic (exact) mass is 291 g/mol. The Morgan fingerprint density at radius 2 is 1.11 bits per heavy atom. The first-order valence-electron chi connectivity index (χ1n) is 8.04. The molecule has 0 aromatic rings. The fourth-order valence-electron chi connectivity index (χ4n) is 1.93. The number of rotatable bonds is 15. The summed E-state index contributed by atoms with van der Waals surface area (Å²) in [7, 11) is -1.87. The Balaban J connectivity index is 3.04. The van der Waals surface area contributed by atoms with Crippen LogP contribution in [-0.4, -0.2) is 13.2 Å². The molecule has 114 valence electrons. The molecule has 4 heteroatoms. The third kappa shape index (κ3) is 16.0. The van der Waals surface area contributed by atoms with Gasteiger partial charge in [-0.05, 0) is 12.8 Å². The van der Waals surface area contributed by atoms with Gasteiger partial charge in [-0.1, -0.05) is 71.6 Å². The molecule has 0 radical (unpaired) electrons. The van der Waals surface area contributed by atoms with Crippen molar-refractivity contribution in [1.82, 2.24) is 0 Å². The predicted octanol–water partition coefficient (Wildman–Crippen LogP) is 6.01. The minimum absolute atomic E-state index is 0.521. The molecular formula is C15H32O3P+. The molecule has 0 fully saturated rings. The topological polar surface area (TPSA) is 35.5 Å². The lowest BCUT2D eigenvalue weighted by Gasteiger charge is -2.00. The van der Waals surface area contributed by atoms with Crippen LogP contribution in [0.15, 0.2) is 0 Å². The minimum atomic E-state index is -1.87. The maximum Gasteiger partial charge on any atom is 0.697 e. The van der Waals surface area contributed by atoms with E-state index in [0.717, 1.165) is 12.8 Å². The van der Waals surface area contributed by atoms with E-state index in [2.05, 4.69) is 6.92 Å². The van der Waals surface area contributed by atoms with E-state index in [1.165, 1.54) is 57.8 Å². The summed E-state index contributed by atoms with van der Waals surface area (Å²) in [6, 6.07) is 0. The van der Waals surface area contributed by atoms with Crippen LogP contribution in [0.25, 0.3) is 0 Å². The molecule has 0 bridgehead atoms. The zero-order valence-electron chi connectivity index (χ0n) is 12.9. The fourth-order valence-corrected chi connectivity index (χ4v) is 2.62. The van der Waals surface area contributed by atoms with Gasteiger partial charge in [-0.2, -0.15) is 0 Å². The average molecular weight is 291 g/mol. The van der Waals surface area contributed by atoms with Crippen LogP contribution in [0.1, 0.15) is 84.5 Å². The number of hydrogen-bond donors (Lipinski definition) is 0. The molecular weight excluding hydrogens is 259 g/mol. The maximum atomic E-state index is 11.2. The van der Waals surface area contributed by atoms with Gasteiger partial charge in [-0.15, -0.1) is 9.05 Å². The summed E-state index contributed by atoms with van der Waals surface area (Å²) in [5.41, 5.74) is 0. The van der Waals surface area contributed by atoms with Crippen molar-refractivity contribution in [2.75, 3.05) is 13.2 Å². The highest BCUT2D eigenvalue weighted by molar-refractivity contribution is 7.33. The van der Waals surface area contributed by atoms with E-state index in [0.29, 0.717) is 13.2 Å². The molecule has 0 aliphatic heterocycles. The van der Waals surface area contributed by atoms with Crippen LogP contribution in [0.5, 0.6) is 0 Å².